The van der Waals surface area contributed by atoms with Crippen molar-refractivity contribution in [1.29, 1.82) is 0 Å². The topological polar surface area (TPSA) is 58.9 Å². The quantitative estimate of drug-likeness (QED) is 0.137. The first-order valence-corrected chi connectivity index (χ1v) is 19.3. The van der Waals surface area contributed by atoms with Gasteiger partial charge in [-0.2, -0.15) is 4.99 Å². The van der Waals surface area contributed by atoms with E-state index in [1.165, 1.54) is 32.9 Å². The summed E-state index contributed by atoms with van der Waals surface area (Å²) >= 11 is 0. The molecule has 1 aliphatic carbocycles. The molecule has 0 amide bonds. The molecule has 272 valence electrons. The van der Waals surface area contributed by atoms with Crippen molar-refractivity contribution in [2.75, 3.05) is 4.90 Å². The van der Waals surface area contributed by atoms with Crippen LogP contribution in [0.3, 0.4) is 0 Å². The zero-order valence-corrected chi connectivity index (χ0v) is 31.3. The summed E-state index contributed by atoms with van der Waals surface area (Å²) in [5.41, 5.74) is 19.8. The van der Waals surface area contributed by atoms with Gasteiger partial charge in [-0.05, 0) is 76.3 Å². The van der Waals surface area contributed by atoms with E-state index in [1.54, 1.807) is 0 Å². The van der Waals surface area contributed by atoms with E-state index in [-0.39, 0.29) is 12.0 Å². The molecule has 2 N–H and O–H groups in total. The van der Waals surface area contributed by atoms with Crippen LogP contribution in [0.5, 0.6) is 0 Å². The molecule has 2 heterocycles. The Labute approximate surface area is 332 Å². The summed E-state index contributed by atoms with van der Waals surface area (Å²) in [6, 6.07) is 61.4. The maximum absolute atomic E-state index is 7.07. The first kappa shape index (κ1) is 34.0. The highest BCUT2D eigenvalue weighted by Crippen LogP contribution is 2.46. The number of nitrogens with two attached hydrogens (primary N) is 1. The summed E-state index contributed by atoms with van der Waals surface area (Å²) in [6.07, 6.45) is 8.71. The van der Waals surface area contributed by atoms with Gasteiger partial charge in [0.15, 0.2) is 5.84 Å². The fourth-order valence-electron chi connectivity index (χ4n) is 8.40. The monoisotopic (exact) mass is 733 g/mol. The molecule has 10 rings (SSSR count). The van der Waals surface area contributed by atoms with Gasteiger partial charge >= 0.3 is 0 Å². The van der Waals surface area contributed by atoms with E-state index < -0.39 is 0 Å². The molecule has 2 aliphatic rings. The number of aromatic nitrogens is 1. The van der Waals surface area contributed by atoms with Gasteiger partial charge in [-0.3, -0.25) is 0 Å². The number of hydrogen-bond acceptors (Lipinski definition) is 1. The summed E-state index contributed by atoms with van der Waals surface area (Å²) < 4.78 is 2.35. The van der Waals surface area contributed by atoms with Gasteiger partial charge in [0.1, 0.15) is 0 Å². The van der Waals surface area contributed by atoms with E-state index in [2.05, 4.69) is 156 Å². The van der Waals surface area contributed by atoms with E-state index in [1.807, 2.05) is 60.7 Å². The Morgan fingerprint density at radius 1 is 0.526 bits per heavy atom. The first-order valence-electron chi connectivity index (χ1n) is 19.3. The Morgan fingerprint density at radius 2 is 1.16 bits per heavy atom. The lowest BCUT2D eigenvalue weighted by molar-refractivity contribution is 0.753. The van der Waals surface area contributed by atoms with Crippen molar-refractivity contribution >= 4 is 45.0 Å². The maximum Gasteiger partial charge on any atom is 0.203 e. The second-order valence-electron chi connectivity index (χ2n) is 14.5. The molecule has 1 aliphatic heterocycles. The van der Waals surface area contributed by atoms with E-state index >= 15 is 0 Å². The number of nitrogens with zero attached hydrogens (tertiary/aromatic N) is 4. The lowest BCUT2D eigenvalue weighted by atomic mass is 9.89. The standard InChI is InChI=1S/C52H39N5/c1-35(38-20-15-21-39(32-38)36-16-5-2-6-17-36)54-51(37-18-7-3-8-19-37)55-52(53)57-48-27-14-12-25-44(48)46-34-41(29-31-50(46)57)40-28-30-49-45(33-40)43-24-11-13-26-47(43)56(49)42-22-9-4-10-23-42/h2-34,44,48H,1H2,(H2,53,54,55). The first-order chi connectivity index (χ1) is 28.1. The lowest BCUT2D eigenvalue weighted by Crippen LogP contribution is -2.43. The third-order valence-corrected chi connectivity index (χ3v) is 11.1. The molecule has 0 spiro atoms. The zero-order valence-electron chi connectivity index (χ0n) is 31.3. The third kappa shape index (κ3) is 6.16. The summed E-state index contributed by atoms with van der Waals surface area (Å²) in [4.78, 5) is 12.3. The van der Waals surface area contributed by atoms with Crippen molar-refractivity contribution in [3.8, 4) is 27.9 Å². The van der Waals surface area contributed by atoms with Crippen molar-refractivity contribution in [2.24, 2.45) is 15.7 Å². The average Bonchev–Trinajstić information content (AvgIpc) is 3.79. The van der Waals surface area contributed by atoms with Crippen molar-refractivity contribution < 1.29 is 0 Å². The van der Waals surface area contributed by atoms with Crippen LogP contribution < -0.4 is 10.6 Å². The number of rotatable bonds is 6. The number of benzene rings is 7. The summed E-state index contributed by atoms with van der Waals surface area (Å²) in [7, 11) is 0. The van der Waals surface area contributed by atoms with Gasteiger partial charge < -0.3 is 15.2 Å². The Kier molecular flexibility index (Phi) is 8.53. The van der Waals surface area contributed by atoms with Crippen LogP contribution in [0.1, 0.15) is 22.6 Å². The zero-order chi connectivity index (χ0) is 38.3. The SMILES string of the molecule is C=C(/N=C(\N=C(/N)N1c2ccc(-c3ccc4c(c3)c3ccccc3n4-c3ccccc3)cc2C2C=CC=CC21)c1ccccc1)c1cccc(-c2ccccc2)c1. The fraction of sp³-hybridized carbons (Fsp3) is 0.0385. The van der Waals surface area contributed by atoms with Crippen LogP contribution in [0.25, 0.3) is 55.4 Å². The average molecular weight is 734 g/mol. The maximum atomic E-state index is 7.07. The van der Waals surface area contributed by atoms with Gasteiger partial charge in [0.25, 0.3) is 0 Å². The Hall–Kier alpha value is -7.50. The second-order valence-corrected chi connectivity index (χ2v) is 14.5. The van der Waals surface area contributed by atoms with Gasteiger partial charge in [-0.1, -0.05) is 158 Å². The third-order valence-electron chi connectivity index (χ3n) is 11.1. The smallest absolute Gasteiger partial charge is 0.203 e. The predicted octanol–water partition coefficient (Wildman–Crippen LogP) is 11.9. The molecule has 5 nitrogen and oxygen atoms in total. The lowest BCUT2D eigenvalue weighted by Gasteiger charge is -2.27. The minimum Gasteiger partial charge on any atom is -0.369 e. The molecule has 0 fully saturated rings. The molecule has 8 aromatic rings. The number of para-hydroxylation sites is 2. The van der Waals surface area contributed by atoms with Crippen LogP contribution in [0.4, 0.5) is 5.69 Å². The molecule has 0 saturated heterocycles. The molecule has 2 atom stereocenters. The number of amidine groups is 1. The van der Waals surface area contributed by atoms with Crippen LogP contribution in [-0.4, -0.2) is 22.4 Å². The Balaban J connectivity index is 1.03. The largest absolute Gasteiger partial charge is 0.369 e. The minimum absolute atomic E-state index is 0.0295. The van der Waals surface area contributed by atoms with E-state index in [0.717, 1.165) is 39.2 Å². The van der Waals surface area contributed by atoms with Gasteiger partial charge in [0, 0.05) is 39.2 Å². The summed E-state index contributed by atoms with van der Waals surface area (Å²) in [5.74, 6) is 0.985. The van der Waals surface area contributed by atoms with Crippen LogP contribution in [0, 0.1) is 0 Å². The van der Waals surface area contributed by atoms with Crippen LogP contribution in [-0.2, 0) is 0 Å². The molecule has 0 radical (unpaired) electrons. The Bertz CT molecular complexity index is 2940. The van der Waals surface area contributed by atoms with E-state index in [0.29, 0.717) is 17.5 Å². The molecular formula is C52H39N5. The van der Waals surface area contributed by atoms with Crippen LogP contribution >= 0.6 is 0 Å². The van der Waals surface area contributed by atoms with Crippen molar-refractivity contribution in [2.45, 2.75) is 12.0 Å². The van der Waals surface area contributed by atoms with Crippen molar-refractivity contribution in [3.05, 3.63) is 223 Å². The minimum atomic E-state index is -0.0295. The number of hydrogen-bond donors (Lipinski definition) is 1. The second kappa shape index (κ2) is 14.3. The van der Waals surface area contributed by atoms with E-state index in [9.17, 15) is 0 Å². The van der Waals surface area contributed by atoms with Gasteiger partial charge in [0.05, 0.1) is 22.8 Å². The molecule has 0 saturated carbocycles. The van der Waals surface area contributed by atoms with Crippen molar-refractivity contribution in [1.82, 2.24) is 4.57 Å². The highest BCUT2D eigenvalue weighted by atomic mass is 15.3. The molecule has 2 unspecified atom stereocenters. The van der Waals surface area contributed by atoms with E-state index in [4.69, 9.17) is 15.7 Å². The fourth-order valence-corrected chi connectivity index (χ4v) is 8.40. The molecule has 7 aromatic carbocycles. The normalized spacial score (nSPS) is 16.2. The molecule has 57 heavy (non-hydrogen) atoms. The number of anilines is 1. The van der Waals surface area contributed by atoms with Gasteiger partial charge in [-0.15, -0.1) is 0 Å². The predicted molar refractivity (Wildman–Crippen MR) is 239 cm³/mol. The number of aliphatic imine (C=N–C) groups is 2. The van der Waals surface area contributed by atoms with Gasteiger partial charge in [0.2, 0.25) is 5.96 Å². The van der Waals surface area contributed by atoms with Gasteiger partial charge in [-0.25, -0.2) is 4.99 Å². The summed E-state index contributed by atoms with van der Waals surface area (Å²) in [6.45, 7) is 4.39. The molecule has 1 aromatic heterocycles. The van der Waals surface area contributed by atoms with Crippen LogP contribution in [0.2, 0.25) is 0 Å². The highest BCUT2D eigenvalue weighted by Gasteiger charge is 2.38. The summed E-state index contributed by atoms with van der Waals surface area (Å²) in [5, 5.41) is 2.46. The highest BCUT2D eigenvalue weighted by molar-refractivity contribution is 6.13. The number of allylic oxidation sites excluding steroid dienone is 2. The molecule has 0 bridgehead atoms. The van der Waals surface area contributed by atoms with Crippen LogP contribution in [0.15, 0.2) is 217 Å². The molecule has 5 heteroatoms. The van der Waals surface area contributed by atoms with Crippen molar-refractivity contribution in [3.63, 3.8) is 0 Å². The molecular weight excluding hydrogens is 695 g/mol. The Morgan fingerprint density at radius 3 is 1.98 bits per heavy atom. The number of guanidine groups is 1. The number of fused-ring (bicyclic) bond motifs is 6.